The molecule has 0 saturated carbocycles. The third-order valence-corrected chi connectivity index (χ3v) is 7.35. The minimum absolute atomic E-state index is 0.109. The van der Waals surface area contributed by atoms with Gasteiger partial charge in [-0.05, 0) is 31.2 Å². The smallest absolute Gasteiger partial charge is 0.260 e. The van der Waals surface area contributed by atoms with Crippen molar-refractivity contribution in [1.82, 2.24) is 24.7 Å². The van der Waals surface area contributed by atoms with E-state index < -0.39 is 0 Å². The number of furan rings is 1. The summed E-state index contributed by atoms with van der Waals surface area (Å²) in [7, 11) is 1.88. The lowest BCUT2D eigenvalue weighted by Crippen LogP contribution is -2.10. The van der Waals surface area contributed by atoms with Crippen molar-refractivity contribution >= 4 is 44.7 Å². The lowest BCUT2D eigenvalue weighted by molar-refractivity contribution is 0.572. The molecule has 0 aliphatic rings. The minimum Gasteiger partial charge on any atom is -0.461 e. The van der Waals surface area contributed by atoms with Gasteiger partial charge in [-0.2, -0.15) is 0 Å². The quantitative estimate of drug-likeness (QED) is 0.398. The van der Waals surface area contributed by atoms with Crippen LogP contribution in [0.4, 0.5) is 0 Å². The Hall–Kier alpha value is -2.69. The Morgan fingerprint density at radius 2 is 2.17 bits per heavy atom. The Morgan fingerprint density at radius 1 is 1.28 bits per heavy atom. The highest BCUT2D eigenvalue weighted by molar-refractivity contribution is 7.98. The summed E-state index contributed by atoms with van der Waals surface area (Å²) in [6.07, 6.45) is 1.60. The molecule has 146 valence electrons. The van der Waals surface area contributed by atoms with Gasteiger partial charge in [-0.1, -0.05) is 11.8 Å². The van der Waals surface area contributed by atoms with Gasteiger partial charge >= 0.3 is 0 Å². The van der Waals surface area contributed by atoms with Crippen LogP contribution in [0.15, 0.2) is 50.3 Å². The molecule has 5 aromatic heterocycles. The van der Waals surface area contributed by atoms with Crippen molar-refractivity contribution in [3.8, 4) is 22.0 Å². The molecule has 5 aromatic rings. The van der Waals surface area contributed by atoms with Crippen LogP contribution < -0.4 is 5.56 Å². The first-order valence-electron chi connectivity index (χ1n) is 8.73. The minimum atomic E-state index is -0.109. The molecule has 1 N–H and O–H groups in total. The van der Waals surface area contributed by atoms with Gasteiger partial charge in [0.05, 0.1) is 17.4 Å². The SMILES string of the molecule is Cc1ccc(-c2csc3nc(CSc4nnc(-c5ccco5)n4C)[nH]c(=O)c23)s1. The van der Waals surface area contributed by atoms with E-state index in [0.717, 1.165) is 20.4 Å². The third-order valence-electron chi connectivity index (χ3n) is 4.41. The molecule has 0 aliphatic heterocycles. The number of rotatable bonds is 5. The van der Waals surface area contributed by atoms with Crippen molar-refractivity contribution in [2.45, 2.75) is 17.8 Å². The fourth-order valence-electron chi connectivity index (χ4n) is 3.02. The van der Waals surface area contributed by atoms with E-state index in [1.807, 2.05) is 29.1 Å². The van der Waals surface area contributed by atoms with E-state index in [1.54, 1.807) is 17.6 Å². The first-order valence-corrected chi connectivity index (χ1v) is 11.4. The monoisotopic (exact) mass is 441 g/mol. The molecular formula is C19H15N5O2S3. The average molecular weight is 442 g/mol. The number of thiophene rings is 2. The van der Waals surface area contributed by atoms with Crippen molar-refractivity contribution in [1.29, 1.82) is 0 Å². The molecule has 0 amide bonds. The van der Waals surface area contributed by atoms with Crippen LogP contribution >= 0.6 is 34.4 Å². The van der Waals surface area contributed by atoms with Crippen molar-refractivity contribution in [3.63, 3.8) is 0 Å². The van der Waals surface area contributed by atoms with E-state index in [2.05, 4.69) is 39.2 Å². The maximum absolute atomic E-state index is 12.8. The van der Waals surface area contributed by atoms with Crippen LogP contribution in [-0.2, 0) is 12.8 Å². The molecule has 0 aliphatic carbocycles. The van der Waals surface area contributed by atoms with Gasteiger partial charge in [0.2, 0.25) is 0 Å². The van der Waals surface area contributed by atoms with Crippen LogP contribution in [-0.4, -0.2) is 24.7 Å². The molecule has 0 bridgehead atoms. The lowest BCUT2D eigenvalue weighted by atomic mass is 10.2. The molecule has 0 aromatic carbocycles. The summed E-state index contributed by atoms with van der Waals surface area (Å²) in [4.78, 5) is 23.4. The molecular weight excluding hydrogens is 426 g/mol. The fourth-order valence-corrected chi connectivity index (χ4v) is 5.72. The summed E-state index contributed by atoms with van der Waals surface area (Å²) < 4.78 is 7.25. The largest absolute Gasteiger partial charge is 0.461 e. The van der Waals surface area contributed by atoms with Gasteiger partial charge in [0.25, 0.3) is 5.56 Å². The molecule has 29 heavy (non-hydrogen) atoms. The van der Waals surface area contributed by atoms with E-state index in [1.165, 1.54) is 28.0 Å². The fraction of sp³-hybridized carbons (Fsp3) is 0.158. The highest BCUT2D eigenvalue weighted by atomic mass is 32.2. The zero-order valence-corrected chi connectivity index (χ0v) is 18.0. The van der Waals surface area contributed by atoms with Gasteiger partial charge in [0, 0.05) is 27.7 Å². The zero-order chi connectivity index (χ0) is 20.0. The normalized spacial score (nSPS) is 11.5. The number of H-pyrrole nitrogens is 1. The van der Waals surface area contributed by atoms with Crippen LogP contribution in [0, 0.1) is 6.92 Å². The summed E-state index contributed by atoms with van der Waals surface area (Å²) >= 11 is 4.64. The summed E-state index contributed by atoms with van der Waals surface area (Å²) in [5.41, 5.74) is 0.842. The molecule has 0 atom stereocenters. The van der Waals surface area contributed by atoms with Crippen LogP contribution in [0.2, 0.25) is 0 Å². The maximum atomic E-state index is 12.8. The highest BCUT2D eigenvalue weighted by Gasteiger charge is 2.16. The van der Waals surface area contributed by atoms with Crippen LogP contribution in [0.5, 0.6) is 0 Å². The van der Waals surface area contributed by atoms with Gasteiger partial charge in [0.15, 0.2) is 16.7 Å². The number of fused-ring (bicyclic) bond motifs is 1. The molecule has 5 heterocycles. The number of aromatic amines is 1. The zero-order valence-electron chi connectivity index (χ0n) is 15.5. The molecule has 5 rings (SSSR count). The Kier molecular flexibility index (Phi) is 4.61. The van der Waals surface area contributed by atoms with E-state index >= 15 is 0 Å². The lowest BCUT2D eigenvalue weighted by Gasteiger charge is -2.03. The average Bonchev–Trinajstić information content (AvgIpc) is 3.46. The van der Waals surface area contributed by atoms with Gasteiger partial charge in [-0.3, -0.25) is 4.79 Å². The highest BCUT2D eigenvalue weighted by Crippen LogP contribution is 2.35. The Bertz CT molecular complexity index is 1360. The van der Waals surface area contributed by atoms with Crippen LogP contribution in [0.3, 0.4) is 0 Å². The van der Waals surface area contributed by atoms with Crippen molar-refractivity contribution in [3.05, 3.63) is 57.0 Å². The number of nitrogens with one attached hydrogen (secondary N) is 1. The van der Waals surface area contributed by atoms with Gasteiger partial charge < -0.3 is 14.0 Å². The molecule has 7 nitrogen and oxygen atoms in total. The van der Waals surface area contributed by atoms with Crippen LogP contribution in [0.25, 0.3) is 32.2 Å². The maximum Gasteiger partial charge on any atom is 0.260 e. The topological polar surface area (TPSA) is 89.6 Å². The summed E-state index contributed by atoms with van der Waals surface area (Å²) in [6, 6.07) is 7.77. The molecule has 0 radical (unpaired) electrons. The molecule has 10 heteroatoms. The Balaban J connectivity index is 1.42. The third kappa shape index (κ3) is 3.33. The predicted molar refractivity (Wildman–Crippen MR) is 117 cm³/mol. The molecule has 0 saturated heterocycles. The van der Waals surface area contributed by atoms with Crippen molar-refractivity contribution in [2.75, 3.05) is 0 Å². The first kappa shape index (κ1) is 18.3. The molecule has 0 spiro atoms. The number of aryl methyl sites for hydroxylation is 1. The van der Waals surface area contributed by atoms with Crippen LogP contribution in [0.1, 0.15) is 10.7 Å². The number of hydrogen-bond acceptors (Lipinski definition) is 8. The standard InChI is InChI=1S/C19H15N5O2S3/c1-10-5-6-13(29-10)11-8-27-18-15(11)17(25)20-14(21-18)9-28-19-23-22-16(24(19)2)12-4-3-7-26-12/h3-8H,9H2,1-2H3,(H,20,21,25). The second kappa shape index (κ2) is 7.29. The first-order chi connectivity index (χ1) is 14.1. The van der Waals surface area contributed by atoms with Crippen molar-refractivity contribution < 1.29 is 4.42 Å². The molecule has 0 fully saturated rings. The summed E-state index contributed by atoms with van der Waals surface area (Å²) in [6.45, 7) is 2.06. The van der Waals surface area contributed by atoms with E-state index in [0.29, 0.717) is 28.5 Å². The van der Waals surface area contributed by atoms with E-state index in [9.17, 15) is 4.79 Å². The summed E-state index contributed by atoms with van der Waals surface area (Å²) in [5, 5.41) is 11.8. The second-order valence-corrected chi connectivity index (χ2v) is 9.47. The number of aromatic nitrogens is 5. The predicted octanol–water partition coefficient (Wildman–Crippen LogP) is 4.70. The number of thioether (sulfide) groups is 1. The number of hydrogen-bond donors (Lipinski definition) is 1. The van der Waals surface area contributed by atoms with Crippen molar-refractivity contribution in [2.24, 2.45) is 7.05 Å². The second-order valence-electron chi connectivity index (χ2n) is 6.38. The Morgan fingerprint density at radius 3 is 2.93 bits per heavy atom. The van der Waals surface area contributed by atoms with Gasteiger partial charge in [-0.15, -0.1) is 32.9 Å². The van der Waals surface area contributed by atoms with Gasteiger partial charge in [-0.25, -0.2) is 4.98 Å². The van der Waals surface area contributed by atoms with E-state index in [4.69, 9.17) is 4.42 Å². The summed E-state index contributed by atoms with van der Waals surface area (Å²) in [5.74, 6) is 2.42. The van der Waals surface area contributed by atoms with Gasteiger partial charge in [0.1, 0.15) is 10.7 Å². The van der Waals surface area contributed by atoms with E-state index in [-0.39, 0.29) is 5.56 Å². The number of nitrogens with zero attached hydrogens (tertiary/aromatic N) is 4. The Labute approximate surface area is 177 Å². The molecule has 0 unspecified atom stereocenters.